The summed E-state index contributed by atoms with van der Waals surface area (Å²) in [7, 11) is 4.50. The second-order valence-electron chi connectivity index (χ2n) is 6.76. The van der Waals surface area contributed by atoms with E-state index in [-0.39, 0.29) is 17.8 Å². The fourth-order valence-corrected chi connectivity index (χ4v) is 3.67. The lowest BCUT2D eigenvalue weighted by Gasteiger charge is -2.13. The molecule has 0 aliphatic rings. The van der Waals surface area contributed by atoms with Crippen LogP contribution in [0.15, 0.2) is 60.2 Å². The monoisotopic (exact) mass is 502 g/mol. The molecule has 8 N–H and O–H groups in total. The minimum Gasteiger partial charge on any atom is -0.338 e. The summed E-state index contributed by atoms with van der Waals surface area (Å²) in [5, 5.41) is 13.4. The molecule has 0 aliphatic heterocycles. The van der Waals surface area contributed by atoms with Crippen molar-refractivity contribution in [1.82, 2.24) is 20.1 Å². The van der Waals surface area contributed by atoms with Crippen LogP contribution in [0, 0.1) is 5.82 Å². The Hall–Kier alpha value is -3.38. The third-order valence-electron chi connectivity index (χ3n) is 4.75. The molecule has 4 rings (SSSR count). The van der Waals surface area contributed by atoms with Gasteiger partial charge in [0.05, 0.1) is 17.4 Å². The van der Waals surface area contributed by atoms with Crippen molar-refractivity contribution >= 4 is 33.4 Å². The number of hydrogen-bond donors (Lipinski definition) is 5. The van der Waals surface area contributed by atoms with Crippen molar-refractivity contribution < 1.29 is 9.18 Å². The highest BCUT2D eigenvalue weighted by atomic mass is 32.1. The molecule has 0 saturated carbocycles. The number of nitrogens with zero attached hydrogens (tertiary/aromatic N) is 3. The molecule has 11 heteroatoms. The fourth-order valence-electron chi connectivity index (χ4n) is 3.14. The summed E-state index contributed by atoms with van der Waals surface area (Å²) >= 11 is 1.38. The number of aromatic nitrogens is 3. The highest BCUT2D eigenvalue weighted by Gasteiger charge is 2.11. The highest BCUT2D eigenvalue weighted by molar-refractivity contribution is 7.13. The molecule has 0 spiro atoms. The second kappa shape index (κ2) is 16.3. The molecular weight excluding hydrogens is 467 g/mol. The normalized spacial score (nSPS) is 10.5. The van der Waals surface area contributed by atoms with Crippen molar-refractivity contribution in [2.24, 2.45) is 17.2 Å². The zero-order valence-electron chi connectivity index (χ0n) is 20.5. The van der Waals surface area contributed by atoms with Crippen molar-refractivity contribution in [3.8, 4) is 5.69 Å². The first-order chi connectivity index (χ1) is 17.1. The van der Waals surface area contributed by atoms with Crippen LogP contribution in [-0.2, 0) is 0 Å². The van der Waals surface area contributed by atoms with Gasteiger partial charge in [0.25, 0.3) is 0 Å². The fraction of sp³-hybridized carbons (Fsp3) is 0.292. The molecule has 2 aromatic carbocycles. The Balaban J connectivity index is 0.000000949. The molecule has 1 unspecified atom stereocenters. The topological polar surface area (TPSA) is 150 Å². The zero-order valence-corrected chi connectivity index (χ0v) is 21.3. The number of halogens is 1. The zero-order chi connectivity index (χ0) is 26.2. The van der Waals surface area contributed by atoms with E-state index in [1.165, 1.54) is 50.2 Å². The summed E-state index contributed by atoms with van der Waals surface area (Å²) in [6.45, 7) is 2.69. The third kappa shape index (κ3) is 8.72. The number of hydrogen-bond acceptors (Lipinski definition) is 7. The number of nitrogens with two attached hydrogens (primary N) is 3. The number of carbonyl (C=O) groups excluding carboxylic acids is 1. The Kier molecular flexibility index (Phi) is 13.8. The van der Waals surface area contributed by atoms with Crippen molar-refractivity contribution in [1.29, 1.82) is 0 Å². The molecule has 9 nitrogen and oxygen atoms in total. The average molecular weight is 503 g/mol. The highest BCUT2D eigenvalue weighted by Crippen LogP contribution is 2.25. The van der Waals surface area contributed by atoms with Gasteiger partial charge in [-0.15, -0.1) is 11.3 Å². The molecule has 4 aromatic rings. The van der Waals surface area contributed by atoms with Gasteiger partial charge in [-0.1, -0.05) is 13.0 Å². The summed E-state index contributed by atoms with van der Waals surface area (Å²) in [6.07, 6.45) is 4.27. The van der Waals surface area contributed by atoms with Crippen LogP contribution in [-0.4, -0.2) is 48.5 Å². The molecule has 0 radical (unpaired) electrons. The molecule has 0 saturated heterocycles. The second-order valence-corrected chi connectivity index (χ2v) is 7.65. The predicted octanol–water partition coefficient (Wildman–Crippen LogP) is 3.66. The first-order valence-corrected chi connectivity index (χ1v) is 11.9. The molecule has 0 aliphatic carbocycles. The SMILES string of the molecule is CC(CCNC(=O)Nc1nccs1)c1ccc2c(cnn2-c2ccc(F)cc2)c1.CN.CN.CN. The van der Waals surface area contributed by atoms with Crippen LogP contribution >= 0.6 is 11.3 Å². The molecule has 0 bridgehead atoms. The van der Waals surface area contributed by atoms with Crippen LogP contribution < -0.4 is 27.8 Å². The van der Waals surface area contributed by atoms with Crippen LogP contribution in [0.4, 0.5) is 14.3 Å². The van der Waals surface area contributed by atoms with Gasteiger partial charge in [0.2, 0.25) is 0 Å². The number of amides is 2. The van der Waals surface area contributed by atoms with Gasteiger partial charge in [-0.25, -0.2) is 18.9 Å². The van der Waals surface area contributed by atoms with Gasteiger partial charge in [-0.05, 0) is 75.4 Å². The summed E-state index contributed by atoms with van der Waals surface area (Å²) in [6, 6.07) is 12.2. The molecule has 35 heavy (non-hydrogen) atoms. The van der Waals surface area contributed by atoms with Gasteiger partial charge in [-0.3, -0.25) is 5.32 Å². The van der Waals surface area contributed by atoms with Gasteiger partial charge < -0.3 is 22.5 Å². The minimum absolute atomic E-state index is 0.247. The Morgan fingerprint density at radius 1 is 1.09 bits per heavy atom. The van der Waals surface area contributed by atoms with E-state index in [4.69, 9.17) is 0 Å². The summed E-state index contributed by atoms with van der Waals surface area (Å²) in [5.74, 6) is 0.00370. The Morgan fingerprint density at radius 3 is 2.40 bits per heavy atom. The van der Waals surface area contributed by atoms with Gasteiger partial charge in [0, 0.05) is 23.5 Å². The molecular formula is C24H35FN8OS. The Labute approximate surface area is 209 Å². The van der Waals surface area contributed by atoms with Crippen LogP contribution in [0.3, 0.4) is 0 Å². The van der Waals surface area contributed by atoms with Gasteiger partial charge in [0.15, 0.2) is 5.13 Å². The number of rotatable bonds is 6. The lowest BCUT2D eigenvalue weighted by molar-refractivity contribution is 0.252. The van der Waals surface area contributed by atoms with Crippen molar-refractivity contribution in [3.05, 3.63) is 71.6 Å². The number of anilines is 1. The van der Waals surface area contributed by atoms with E-state index in [9.17, 15) is 9.18 Å². The van der Waals surface area contributed by atoms with Crippen LogP contribution in [0.5, 0.6) is 0 Å². The number of urea groups is 1. The number of nitrogens with one attached hydrogen (secondary N) is 2. The minimum atomic E-state index is -0.268. The van der Waals surface area contributed by atoms with Crippen LogP contribution in [0.1, 0.15) is 24.8 Å². The molecule has 2 amide bonds. The smallest absolute Gasteiger partial charge is 0.321 e. The maximum Gasteiger partial charge on any atom is 0.321 e. The lowest BCUT2D eigenvalue weighted by atomic mass is 9.97. The standard InChI is InChI=1S/C21H20FN5OS.3CH5N/c1-14(8-9-23-20(28)26-21-24-10-11-29-21)15-2-7-19-16(12-15)13-25-27(19)18-5-3-17(22)4-6-18;3*1-2/h2-7,10-14H,8-9H2,1H3,(H2,23,24,26,28);3*2H2,1H3. The Bertz CT molecular complexity index is 1120. The quantitative estimate of drug-likeness (QED) is 0.271. The number of thiazole rings is 1. The van der Waals surface area contributed by atoms with Crippen molar-refractivity contribution in [2.75, 3.05) is 33.0 Å². The maximum atomic E-state index is 13.2. The first kappa shape index (κ1) is 29.7. The first-order valence-electron chi connectivity index (χ1n) is 11.0. The van der Waals surface area contributed by atoms with E-state index in [0.29, 0.717) is 11.7 Å². The van der Waals surface area contributed by atoms with Gasteiger partial charge in [-0.2, -0.15) is 5.10 Å². The number of benzene rings is 2. The van der Waals surface area contributed by atoms with E-state index in [0.717, 1.165) is 23.0 Å². The molecule has 0 fully saturated rings. The van der Waals surface area contributed by atoms with E-state index in [1.54, 1.807) is 23.0 Å². The molecule has 2 aromatic heterocycles. The van der Waals surface area contributed by atoms with E-state index in [2.05, 4.69) is 57.0 Å². The van der Waals surface area contributed by atoms with Crippen molar-refractivity contribution in [2.45, 2.75) is 19.3 Å². The third-order valence-corrected chi connectivity index (χ3v) is 5.44. The van der Waals surface area contributed by atoms with Crippen LogP contribution in [0.25, 0.3) is 16.6 Å². The number of carbonyl (C=O) groups is 1. The summed E-state index contributed by atoms with van der Waals surface area (Å²) in [4.78, 5) is 15.9. The largest absolute Gasteiger partial charge is 0.338 e. The van der Waals surface area contributed by atoms with Gasteiger partial charge in [0.1, 0.15) is 5.82 Å². The van der Waals surface area contributed by atoms with E-state index in [1.807, 2.05) is 17.6 Å². The average Bonchev–Trinajstić information content (AvgIpc) is 3.58. The lowest BCUT2D eigenvalue weighted by Crippen LogP contribution is -2.30. The van der Waals surface area contributed by atoms with E-state index < -0.39 is 0 Å². The van der Waals surface area contributed by atoms with Crippen molar-refractivity contribution in [3.63, 3.8) is 0 Å². The number of fused-ring (bicyclic) bond motifs is 1. The molecule has 190 valence electrons. The van der Waals surface area contributed by atoms with E-state index >= 15 is 0 Å². The van der Waals surface area contributed by atoms with Crippen LogP contribution in [0.2, 0.25) is 0 Å². The maximum absolute atomic E-state index is 13.2. The Morgan fingerprint density at radius 2 is 1.77 bits per heavy atom. The summed E-state index contributed by atoms with van der Waals surface area (Å²) < 4.78 is 15.0. The molecule has 2 heterocycles. The summed E-state index contributed by atoms with van der Waals surface area (Å²) in [5.41, 5.74) is 16.5. The molecule has 1 atom stereocenters. The predicted molar refractivity (Wildman–Crippen MR) is 144 cm³/mol. The van der Waals surface area contributed by atoms with Gasteiger partial charge >= 0.3 is 6.03 Å².